The van der Waals surface area contributed by atoms with Crippen molar-refractivity contribution in [3.63, 3.8) is 0 Å². The van der Waals surface area contributed by atoms with Gasteiger partial charge in [0, 0.05) is 18.2 Å². The molecular weight excluding hydrogens is 224 g/mol. The summed E-state index contributed by atoms with van der Waals surface area (Å²) in [5.41, 5.74) is 0. The van der Waals surface area contributed by atoms with E-state index in [0.29, 0.717) is 0 Å². The van der Waals surface area contributed by atoms with Gasteiger partial charge in [0.2, 0.25) is 0 Å². The Hall–Kier alpha value is 0.617. The first-order chi connectivity index (χ1) is 5.35. The summed E-state index contributed by atoms with van der Waals surface area (Å²) >= 11 is 3.39. The summed E-state index contributed by atoms with van der Waals surface area (Å²) in [4.78, 5) is 0.896. The number of hydrogen-bond acceptors (Lipinski definition) is 2. The molecule has 0 aliphatic heterocycles. The summed E-state index contributed by atoms with van der Waals surface area (Å²) in [6.45, 7) is 5.90. The molecule has 0 saturated heterocycles. The van der Waals surface area contributed by atoms with Crippen molar-refractivity contribution < 1.29 is 8.85 Å². The molecule has 0 bridgehead atoms. The minimum absolute atomic E-state index is 0.839. The lowest BCUT2D eigenvalue weighted by atomic mass is 10.5. The summed E-state index contributed by atoms with van der Waals surface area (Å²) in [7, 11) is -1.33. The Bertz CT molecular complexity index is 74.8. The van der Waals surface area contributed by atoms with Gasteiger partial charge < -0.3 is 8.85 Å². The fraction of sp³-hybridized carbons (Fsp3) is 1.00. The minimum Gasteiger partial charge on any atom is -0.396 e. The van der Waals surface area contributed by atoms with Gasteiger partial charge in [0.25, 0.3) is 0 Å². The molecule has 0 aromatic rings. The molecule has 0 spiro atoms. The molecule has 0 aliphatic rings. The fourth-order valence-corrected chi connectivity index (χ4v) is 3.03. The Morgan fingerprint density at radius 2 is 1.55 bits per heavy atom. The summed E-state index contributed by atoms with van der Waals surface area (Å²) in [5.74, 6) is 0. The van der Waals surface area contributed by atoms with Gasteiger partial charge in [-0.3, -0.25) is 0 Å². The number of halogens is 1. The molecule has 2 nitrogen and oxygen atoms in total. The van der Waals surface area contributed by atoms with Crippen molar-refractivity contribution in [1.82, 2.24) is 0 Å². The van der Waals surface area contributed by atoms with E-state index < -0.39 is 9.28 Å². The van der Waals surface area contributed by atoms with E-state index >= 15 is 0 Å². The van der Waals surface area contributed by atoms with Crippen molar-refractivity contribution in [2.24, 2.45) is 0 Å². The van der Waals surface area contributed by atoms with E-state index in [1.54, 1.807) is 0 Å². The predicted molar refractivity (Wildman–Crippen MR) is 53.4 cm³/mol. The third-order valence-electron chi connectivity index (χ3n) is 1.14. The topological polar surface area (TPSA) is 18.5 Å². The SMILES string of the molecule is CCCO[SiH](CBr)OCCC. The second kappa shape index (κ2) is 8.71. The molecule has 0 atom stereocenters. The van der Waals surface area contributed by atoms with Crippen LogP contribution in [-0.2, 0) is 8.85 Å². The number of rotatable bonds is 7. The van der Waals surface area contributed by atoms with Gasteiger partial charge in [0.15, 0.2) is 0 Å². The molecule has 0 saturated carbocycles. The van der Waals surface area contributed by atoms with Crippen LogP contribution in [0.3, 0.4) is 0 Å². The largest absolute Gasteiger partial charge is 0.396 e. The minimum atomic E-state index is -1.33. The van der Waals surface area contributed by atoms with Gasteiger partial charge in [-0.1, -0.05) is 29.8 Å². The summed E-state index contributed by atoms with van der Waals surface area (Å²) in [6, 6.07) is 0. The van der Waals surface area contributed by atoms with Crippen LogP contribution < -0.4 is 0 Å². The van der Waals surface area contributed by atoms with Gasteiger partial charge in [-0.2, -0.15) is 0 Å². The van der Waals surface area contributed by atoms with Crippen LogP contribution in [0.2, 0.25) is 0 Å². The highest BCUT2D eigenvalue weighted by atomic mass is 79.9. The van der Waals surface area contributed by atoms with E-state index in [1.807, 2.05) is 0 Å². The Balaban J connectivity index is 3.25. The van der Waals surface area contributed by atoms with Crippen molar-refractivity contribution >= 4 is 25.2 Å². The molecule has 68 valence electrons. The molecule has 0 N–H and O–H groups in total. The molecule has 0 fully saturated rings. The maximum absolute atomic E-state index is 5.51. The van der Waals surface area contributed by atoms with Gasteiger partial charge >= 0.3 is 9.28 Å². The molecule has 0 aromatic carbocycles. The lowest BCUT2D eigenvalue weighted by molar-refractivity contribution is 0.201. The maximum atomic E-state index is 5.51. The normalized spacial score (nSPS) is 10.9. The van der Waals surface area contributed by atoms with Crippen molar-refractivity contribution in [3.05, 3.63) is 0 Å². The third-order valence-corrected chi connectivity index (χ3v) is 4.19. The molecule has 0 radical (unpaired) electrons. The second-order valence-electron chi connectivity index (χ2n) is 2.33. The Kier molecular flexibility index (Phi) is 9.20. The van der Waals surface area contributed by atoms with Crippen molar-refractivity contribution in [2.45, 2.75) is 26.7 Å². The average molecular weight is 241 g/mol. The summed E-state index contributed by atoms with van der Waals surface area (Å²) in [6.07, 6.45) is 2.15. The van der Waals surface area contributed by atoms with Crippen LogP contribution in [-0.4, -0.2) is 27.5 Å². The molecule has 0 heterocycles. The van der Waals surface area contributed by atoms with Crippen LogP contribution in [0.25, 0.3) is 0 Å². The van der Waals surface area contributed by atoms with E-state index in [9.17, 15) is 0 Å². The van der Waals surface area contributed by atoms with Gasteiger partial charge in [0.05, 0.1) is 0 Å². The molecule has 0 amide bonds. The Morgan fingerprint density at radius 1 is 1.09 bits per heavy atom. The predicted octanol–water partition coefficient (Wildman–Crippen LogP) is 1.99. The number of hydrogen-bond donors (Lipinski definition) is 0. The monoisotopic (exact) mass is 240 g/mol. The summed E-state index contributed by atoms with van der Waals surface area (Å²) < 4.78 is 11.0. The van der Waals surface area contributed by atoms with Crippen molar-refractivity contribution in [2.75, 3.05) is 18.2 Å². The van der Waals surface area contributed by atoms with Crippen LogP contribution in [0.4, 0.5) is 0 Å². The molecule has 0 rings (SSSR count). The van der Waals surface area contributed by atoms with Crippen LogP contribution in [0.1, 0.15) is 26.7 Å². The van der Waals surface area contributed by atoms with Crippen LogP contribution >= 0.6 is 15.9 Å². The molecular formula is C7H17BrO2Si. The molecule has 11 heavy (non-hydrogen) atoms. The number of alkyl halides is 1. The third kappa shape index (κ3) is 6.99. The zero-order chi connectivity index (χ0) is 8.53. The Morgan fingerprint density at radius 3 is 1.82 bits per heavy atom. The maximum Gasteiger partial charge on any atom is 0.332 e. The van der Waals surface area contributed by atoms with Gasteiger partial charge in [0.1, 0.15) is 0 Å². The van der Waals surface area contributed by atoms with Crippen LogP contribution in [0, 0.1) is 0 Å². The zero-order valence-corrected chi connectivity index (χ0v) is 10.0. The Labute approximate surface area is 79.2 Å². The smallest absolute Gasteiger partial charge is 0.332 e. The molecule has 0 aliphatic carbocycles. The van der Waals surface area contributed by atoms with E-state index in [0.717, 1.165) is 31.0 Å². The fourth-order valence-electron chi connectivity index (χ4n) is 0.636. The molecule has 0 unspecified atom stereocenters. The van der Waals surface area contributed by atoms with Crippen LogP contribution in [0.15, 0.2) is 0 Å². The standard InChI is InChI=1S/C7H17BrO2Si/c1-3-5-9-11(7-8)10-6-4-2/h11H,3-7H2,1-2H3. The first-order valence-corrected chi connectivity index (χ1v) is 7.02. The second-order valence-corrected chi connectivity index (χ2v) is 6.10. The highest BCUT2D eigenvalue weighted by Crippen LogP contribution is 1.96. The zero-order valence-electron chi connectivity index (χ0n) is 7.31. The quantitative estimate of drug-likeness (QED) is 0.501. The first-order valence-electron chi connectivity index (χ1n) is 4.14. The van der Waals surface area contributed by atoms with Gasteiger partial charge in [-0.25, -0.2) is 0 Å². The lowest BCUT2D eigenvalue weighted by Crippen LogP contribution is -2.25. The first kappa shape index (κ1) is 11.6. The average Bonchev–Trinajstić information content (AvgIpc) is 2.05. The lowest BCUT2D eigenvalue weighted by Gasteiger charge is -2.12. The van der Waals surface area contributed by atoms with E-state index in [1.165, 1.54) is 0 Å². The van der Waals surface area contributed by atoms with Crippen molar-refractivity contribution in [3.8, 4) is 0 Å². The van der Waals surface area contributed by atoms with Crippen molar-refractivity contribution in [1.29, 1.82) is 0 Å². The van der Waals surface area contributed by atoms with E-state index in [-0.39, 0.29) is 0 Å². The summed E-state index contributed by atoms with van der Waals surface area (Å²) in [5, 5.41) is 0. The van der Waals surface area contributed by atoms with Gasteiger partial charge in [-0.05, 0) is 12.8 Å². The van der Waals surface area contributed by atoms with Gasteiger partial charge in [-0.15, -0.1) is 0 Å². The molecule has 4 heteroatoms. The highest BCUT2D eigenvalue weighted by Gasteiger charge is 2.09. The highest BCUT2D eigenvalue weighted by molar-refractivity contribution is 9.09. The van der Waals surface area contributed by atoms with Crippen LogP contribution in [0.5, 0.6) is 0 Å². The molecule has 0 aromatic heterocycles. The van der Waals surface area contributed by atoms with E-state index in [2.05, 4.69) is 29.8 Å². The van der Waals surface area contributed by atoms with E-state index in [4.69, 9.17) is 8.85 Å².